The summed E-state index contributed by atoms with van der Waals surface area (Å²) in [5, 5.41) is 0. The first-order chi connectivity index (χ1) is 8.24. The van der Waals surface area contributed by atoms with Crippen LogP contribution in [0.5, 0.6) is 0 Å². The Balaban J connectivity index is 1.90. The number of benzene rings is 1. The van der Waals surface area contributed by atoms with Gasteiger partial charge in [0.2, 0.25) is 0 Å². The number of nitrogens with two attached hydrogens (primary N) is 1. The van der Waals surface area contributed by atoms with Gasteiger partial charge in [-0.15, -0.1) is 0 Å². The van der Waals surface area contributed by atoms with E-state index in [2.05, 4.69) is 12.1 Å². The third-order valence-electron chi connectivity index (χ3n) is 4.46. The zero-order valence-electron chi connectivity index (χ0n) is 10.2. The first kappa shape index (κ1) is 11.2. The predicted octanol–water partition coefficient (Wildman–Crippen LogP) is 3.49. The van der Waals surface area contributed by atoms with Crippen molar-refractivity contribution in [2.24, 2.45) is 11.7 Å². The Morgan fingerprint density at radius 2 is 2.00 bits per heavy atom. The molecule has 0 saturated heterocycles. The first-order valence-corrected chi connectivity index (χ1v) is 6.73. The van der Waals surface area contributed by atoms with Crippen molar-refractivity contribution < 1.29 is 4.39 Å². The molecule has 2 aliphatic carbocycles. The molecular weight excluding hydrogens is 213 g/mol. The van der Waals surface area contributed by atoms with Crippen molar-refractivity contribution in [3.8, 4) is 0 Å². The minimum atomic E-state index is -1.28. The highest BCUT2D eigenvalue weighted by Crippen LogP contribution is 2.48. The Kier molecular flexibility index (Phi) is 2.70. The Bertz CT molecular complexity index is 409. The van der Waals surface area contributed by atoms with Crippen molar-refractivity contribution in [3.05, 3.63) is 35.4 Å². The Morgan fingerprint density at radius 3 is 2.53 bits per heavy atom. The molecule has 2 saturated carbocycles. The second kappa shape index (κ2) is 4.09. The fourth-order valence-electron chi connectivity index (χ4n) is 2.85. The zero-order chi connectivity index (χ0) is 11.9. The molecule has 2 heteroatoms. The Labute approximate surface area is 102 Å². The molecule has 1 unspecified atom stereocenters. The SMILES string of the molecule is NCC(F)(c1cccc(C2CCC2)c1)C1CC1. The molecule has 0 amide bonds. The number of hydrogen-bond acceptors (Lipinski definition) is 1. The molecule has 1 aromatic carbocycles. The van der Waals surface area contributed by atoms with Crippen LogP contribution in [-0.2, 0) is 5.67 Å². The second-order valence-corrected chi connectivity index (χ2v) is 5.59. The second-order valence-electron chi connectivity index (χ2n) is 5.59. The van der Waals surface area contributed by atoms with Crippen molar-refractivity contribution in [3.63, 3.8) is 0 Å². The van der Waals surface area contributed by atoms with E-state index in [4.69, 9.17) is 5.73 Å². The molecule has 2 N–H and O–H groups in total. The molecule has 17 heavy (non-hydrogen) atoms. The highest BCUT2D eigenvalue weighted by atomic mass is 19.1. The molecule has 2 aliphatic rings. The molecule has 0 bridgehead atoms. The van der Waals surface area contributed by atoms with E-state index in [9.17, 15) is 4.39 Å². The van der Waals surface area contributed by atoms with Gasteiger partial charge in [0, 0.05) is 6.54 Å². The van der Waals surface area contributed by atoms with E-state index in [1.807, 2.05) is 12.1 Å². The lowest BCUT2D eigenvalue weighted by atomic mass is 9.78. The van der Waals surface area contributed by atoms with Crippen LogP contribution in [0, 0.1) is 5.92 Å². The van der Waals surface area contributed by atoms with E-state index in [1.165, 1.54) is 24.8 Å². The van der Waals surface area contributed by atoms with Crippen LogP contribution in [0.1, 0.15) is 49.1 Å². The highest BCUT2D eigenvalue weighted by molar-refractivity contribution is 5.33. The van der Waals surface area contributed by atoms with Crippen LogP contribution in [0.15, 0.2) is 24.3 Å². The lowest BCUT2D eigenvalue weighted by Crippen LogP contribution is -2.32. The van der Waals surface area contributed by atoms with Crippen LogP contribution < -0.4 is 5.73 Å². The van der Waals surface area contributed by atoms with Gasteiger partial charge in [-0.1, -0.05) is 30.7 Å². The fraction of sp³-hybridized carbons (Fsp3) is 0.600. The summed E-state index contributed by atoms with van der Waals surface area (Å²) >= 11 is 0. The van der Waals surface area contributed by atoms with Gasteiger partial charge in [0.05, 0.1) is 0 Å². The van der Waals surface area contributed by atoms with Gasteiger partial charge in [-0.25, -0.2) is 4.39 Å². The van der Waals surface area contributed by atoms with Crippen LogP contribution in [0.4, 0.5) is 4.39 Å². The highest BCUT2D eigenvalue weighted by Gasteiger charge is 2.46. The molecule has 2 fully saturated rings. The van der Waals surface area contributed by atoms with Crippen molar-refractivity contribution in [1.82, 2.24) is 0 Å². The van der Waals surface area contributed by atoms with Crippen LogP contribution in [0.25, 0.3) is 0 Å². The molecule has 1 nitrogen and oxygen atoms in total. The van der Waals surface area contributed by atoms with E-state index >= 15 is 0 Å². The van der Waals surface area contributed by atoms with Crippen LogP contribution >= 0.6 is 0 Å². The number of halogens is 1. The van der Waals surface area contributed by atoms with Crippen molar-refractivity contribution >= 4 is 0 Å². The normalized spacial score (nSPS) is 24.1. The molecule has 1 aromatic rings. The summed E-state index contributed by atoms with van der Waals surface area (Å²) in [7, 11) is 0. The Hall–Kier alpha value is -0.890. The quantitative estimate of drug-likeness (QED) is 0.846. The largest absolute Gasteiger partial charge is 0.327 e. The van der Waals surface area contributed by atoms with E-state index < -0.39 is 5.67 Å². The summed E-state index contributed by atoms with van der Waals surface area (Å²) in [5.41, 5.74) is 6.52. The van der Waals surface area contributed by atoms with E-state index in [1.54, 1.807) is 0 Å². The van der Waals surface area contributed by atoms with Gasteiger partial charge in [-0.05, 0) is 48.6 Å². The average Bonchev–Trinajstić information content (AvgIpc) is 3.10. The summed E-state index contributed by atoms with van der Waals surface area (Å²) in [6, 6.07) is 8.11. The van der Waals surface area contributed by atoms with Gasteiger partial charge < -0.3 is 5.73 Å². The summed E-state index contributed by atoms with van der Waals surface area (Å²) in [6.45, 7) is 0.117. The molecule has 1 atom stereocenters. The van der Waals surface area contributed by atoms with E-state index in [-0.39, 0.29) is 12.5 Å². The van der Waals surface area contributed by atoms with E-state index in [0.29, 0.717) is 5.92 Å². The molecule has 0 aliphatic heterocycles. The minimum absolute atomic E-state index is 0.117. The van der Waals surface area contributed by atoms with Gasteiger partial charge in [0.25, 0.3) is 0 Å². The minimum Gasteiger partial charge on any atom is -0.327 e. The third kappa shape index (κ3) is 1.89. The average molecular weight is 233 g/mol. The van der Waals surface area contributed by atoms with Crippen molar-refractivity contribution in [1.29, 1.82) is 0 Å². The van der Waals surface area contributed by atoms with Gasteiger partial charge in [-0.3, -0.25) is 0 Å². The number of alkyl halides is 1. The smallest absolute Gasteiger partial charge is 0.150 e. The van der Waals surface area contributed by atoms with Gasteiger partial charge >= 0.3 is 0 Å². The molecule has 0 spiro atoms. The summed E-state index contributed by atoms with van der Waals surface area (Å²) in [5.74, 6) is 0.820. The molecule has 0 heterocycles. The summed E-state index contributed by atoms with van der Waals surface area (Å²) in [6.07, 6.45) is 5.81. The molecule has 0 aromatic heterocycles. The third-order valence-corrected chi connectivity index (χ3v) is 4.46. The molecule has 0 radical (unpaired) electrons. The van der Waals surface area contributed by atoms with Gasteiger partial charge in [0.15, 0.2) is 5.67 Å². The molecular formula is C15H20FN. The number of rotatable bonds is 4. The topological polar surface area (TPSA) is 26.0 Å². The lowest BCUT2D eigenvalue weighted by Gasteiger charge is -2.29. The lowest BCUT2D eigenvalue weighted by molar-refractivity contribution is 0.143. The monoisotopic (exact) mass is 233 g/mol. The van der Waals surface area contributed by atoms with Crippen LogP contribution in [0.2, 0.25) is 0 Å². The molecule has 3 rings (SSSR count). The molecule has 92 valence electrons. The summed E-state index contributed by atoms with van der Waals surface area (Å²) < 4.78 is 14.9. The fourth-order valence-corrected chi connectivity index (χ4v) is 2.85. The summed E-state index contributed by atoms with van der Waals surface area (Å²) in [4.78, 5) is 0. The Morgan fingerprint density at radius 1 is 1.24 bits per heavy atom. The predicted molar refractivity (Wildman–Crippen MR) is 67.6 cm³/mol. The maximum atomic E-state index is 14.9. The maximum Gasteiger partial charge on any atom is 0.150 e. The first-order valence-electron chi connectivity index (χ1n) is 6.73. The number of hydrogen-bond donors (Lipinski definition) is 1. The maximum absolute atomic E-state index is 14.9. The van der Waals surface area contributed by atoms with Gasteiger partial charge in [-0.2, -0.15) is 0 Å². The van der Waals surface area contributed by atoms with Crippen LogP contribution in [-0.4, -0.2) is 6.54 Å². The van der Waals surface area contributed by atoms with Crippen molar-refractivity contribution in [2.45, 2.75) is 43.7 Å². The standard InChI is InChI=1S/C15H20FN/c16-15(10-17,13-7-8-13)14-6-2-5-12(9-14)11-3-1-4-11/h2,5-6,9,11,13H,1,3-4,7-8,10,17H2. The zero-order valence-corrected chi connectivity index (χ0v) is 10.2. The van der Waals surface area contributed by atoms with E-state index in [0.717, 1.165) is 18.4 Å². The van der Waals surface area contributed by atoms with Crippen LogP contribution in [0.3, 0.4) is 0 Å². The van der Waals surface area contributed by atoms with Gasteiger partial charge in [0.1, 0.15) is 0 Å². The van der Waals surface area contributed by atoms with Crippen molar-refractivity contribution in [2.75, 3.05) is 6.54 Å².